The minimum absolute atomic E-state index is 0.723. The van der Waals surface area contributed by atoms with Gasteiger partial charge in [-0.25, -0.2) is 4.98 Å². The Kier molecular flexibility index (Phi) is 3.81. The lowest BCUT2D eigenvalue weighted by Crippen LogP contribution is -2.35. The summed E-state index contributed by atoms with van der Waals surface area (Å²) in [5, 5.41) is 2.44. The Balaban J connectivity index is 1.89. The number of halogens is 2. The first-order valence-corrected chi connectivity index (χ1v) is 8.24. The van der Waals surface area contributed by atoms with Crippen molar-refractivity contribution < 1.29 is 0 Å². The zero-order valence-electron chi connectivity index (χ0n) is 10.8. The number of nitrogens with zero attached hydrogens (tertiary/aromatic N) is 2. The molecule has 1 aromatic heterocycles. The maximum atomic E-state index is 4.57. The van der Waals surface area contributed by atoms with Crippen molar-refractivity contribution >= 4 is 48.5 Å². The maximum Gasteiger partial charge on any atom is 0.136 e. The van der Waals surface area contributed by atoms with E-state index in [0.29, 0.717) is 0 Å². The number of anilines is 1. The van der Waals surface area contributed by atoms with Crippen LogP contribution in [0.1, 0.15) is 12.8 Å². The molecule has 1 aromatic carbocycles. The standard InChI is InChI=1S/C15H16Br2N2/c1-19(9-10-7-11(16)8-10)15-13-3-2-4-14(17)12(13)5-6-18-15/h2-6,10-11H,7-9H2,1H3. The van der Waals surface area contributed by atoms with Gasteiger partial charge >= 0.3 is 0 Å². The van der Waals surface area contributed by atoms with E-state index in [9.17, 15) is 0 Å². The summed E-state index contributed by atoms with van der Waals surface area (Å²) < 4.78 is 1.13. The van der Waals surface area contributed by atoms with E-state index >= 15 is 0 Å². The van der Waals surface area contributed by atoms with Gasteiger partial charge in [-0.2, -0.15) is 0 Å². The molecule has 100 valence electrons. The van der Waals surface area contributed by atoms with Crippen LogP contribution in [0.5, 0.6) is 0 Å². The molecule has 0 N–H and O–H groups in total. The molecule has 4 heteroatoms. The zero-order chi connectivity index (χ0) is 13.4. The summed E-state index contributed by atoms with van der Waals surface area (Å²) in [6.45, 7) is 1.08. The van der Waals surface area contributed by atoms with Gasteiger partial charge in [-0.15, -0.1) is 0 Å². The SMILES string of the molecule is CN(CC1CC(Br)C1)c1nccc2c(Br)cccc12. The van der Waals surface area contributed by atoms with Gasteiger partial charge in [0.2, 0.25) is 0 Å². The van der Waals surface area contributed by atoms with Gasteiger partial charge in [0.05, 0.1) is 0 Å². The fraction of sp³-hybridized carbons (Fsp3) is 0.400. The lowest BCUT2D eigenvalue weighted by Gasteiger charge is -2.35. The molecule has 1 aliphatic carbocycles. The topological polar surface area (TPSA) is 16.1 Å². The van der Waals surface area contributed by atoms with Crippen molar-refractivity contribution in [2.45, 2.75) is 17.7 Å². The third-order valence-electron chi connectivity index (χ3n) is 3.80. The highest BCUT2D eigenvalue weighted by Crippen LogP contribution is 2.35. The monoisotopic (exact) mass is 382 g/mol. The molecule has 3 rings (SSSR count). The van der Waals surface area contributed by atoms with Crippen LogP contribution < -0.4 is 4.90 Å². The fourth-order valence-corrected chi connectivity index (χ4v) is 4.29. The summed E-state index contributed by atoms with van der Waals surface area (Å²) >= 11 is 7.27. The molecule has 0 radical (unpaired) electrons. The fourth-order valence-electron chi connectivity index (χ4n) is 2.73. The zero-order valence-corrected chi connectivity index (χ0v) is 14.0. The number of aromatic nitrogens is 1. The molecule has 0 unspecified atom stereocenters. The van der Waals surface area contributed by atoms with Crippen LogP contribution in [-0.4, -0.2) is 23.4 Å². The largest absolute Gasteiger partial charge is 0.359 e. The Morgan fingerprint density at radius 3 is 2.79 bits per heavy atom. The molecule has 2 nitrogen and oxygen atoms in total. The summed E-state index contributed by atoms with van der Waals surface area (Å²) in [6, 6.07) is 8.36. The van der Waals surface area contributed by atoms with E-state index in [-0.39, 0.29) is 0 Å². The van der Waals surface area contributed by atoms with Crippen LogP contribution >= 0.6 is 31.9 Å². The molecule has 1 saturated carbocycles. The highest BCUT2D eigenvalue weighted by atomic mass is 79.9. The highest BCUT2D eigenvalue weighted by Gasteiger charge is 2.28. The van der Waals surface area contributed by atoms with E-state index in [2.05, 4.69) is 73.1 Å². The van der Waals surface area contributed by atoms with Crippen LogP contribution in [0.15, 0.2) is 34.9 Å². The molecule has 1 aliphatic rings. The van der Waals surface area contributed by atoms with Crippen molar-refractivity contribution in [3.8, 4) is 0 Å². The molecule has 1 heterocycles. The number of benzene rings is 1. The Bertz CT molecular complexity index is 594. The summed E-state index contributed by atoms with van der Waals surface area (Å²) in [4.78, 5) is 7.58. The van der Waals surface area contributed by atoms with Gasteiger partial charge in [-0.05, 0) is 30.9 Å². The molecule has 0 saturated heterocycles. The lowest BCUT2D eigenvalue weighted by atomic mass is 9.85. The van der Waals surface area contributed by atoms with E-state index in [1.807, 2.05) is 6.20 Å². The second-order valence-corrected chi connectivity index (χ2v) is 7.43. The van der Waals surface area contributed by atoms with Crippen LogP contribution in [0.25, 0.3) is 10.8 Å². The number of hydrogen-bond acceptors (Lipinski definition) is 2. The highest BCUT2D eigenvalue weighted by molar-refractivity contribution is 9.10. The summed E-state index contributed by atoms with van der Waals surface area (Å²) in [6.07, 6.45) is 4.45. The van der Waals surface area contributed by atoms with Crippen LogP contribution in [-0.2, 0) is 0 Å². The van der Waals surface area contributed by atoms with Crippen molar-refractivity contribution in [1.29, 1.82) is 0 Å². The second-order valence-electron chi connectivity index (χ2n) is 5.28. The van der Waals surface area contributed by atoms with Gasteiger partial charge in [0.1, 0.15) is 5.82 Å². The Morgan fingerprint density at radius 2 is 2.05 bits per heavy atom. The maximum absolute atomic E-state index is 4.57. The smallest absolute Gasteiger partial charge is 0.136 e. The second kappa shape index (κ2) is 5.41. The Labute approximate surface area is 130 Å². The minimum atomic E-state index is 0.723. The molecule has 19 heavy (non-hydrogen) atoms. The molecule has 0 spiro atoms. The van der Waals surface area contributed by atoms with E-state index in [1.165, 1.54) is 23.6 Å². The third-order valence-corrected chi connectivity index (χ3v) is 5.24. The molecule has 0 aliphatic heterocycles. The van der Waals surface area contributed by atoms with Gasteiger partial charge in [0.15, 0.2) is 0 Å². The van der Waals surface area contributed by atoms with Crippen molar-refractivity contribution in [3.63, 3.8) is 0 Å². The Morgan fingerprint density at radius 1 is 1.26 bits per heavy atom. The Hall–Kier alpha value is -0.610. The first-order valence-electron chi connectivity index (χ1n) is 6.53. The van der Waals surface area contributed by atoms with Crippen LogP contribution in [0, 0.1) is 5.92 Å². The van der Waals surface area contributed by atoms with Crippen molar-refractivity contribution in [3.05, 3.63) is 34.9 Å². The number of fused-ring (bicyclic) bond motifs is 1. The normalized spacial score (nSPS) is 22.3. The molecule has 0 amide bonds. The average molecular weight is 384 g/mol. The number of hydrogen-bond donors (Lipinski definition) is 0. The van der Waals surface area contributed by atoms with Gasteiger partial charge in [-0.1, -0.05) is 44.0 Å². The van der Waals surface area contributed by atoms with Crippen LogP contribution in [0.3, 0.4) is 0 Å². The van der Waals surface area contributed by atoms with Crippen molar-refractivity contribution in [2.75, 3.05) is 18.5 Å². The molecule has 1 fully saturated rings. The number of rotatable bonds is 3. The van der Waals surface area contributed by atoms with E-state index in [1.54, 1.807) is 0 Å². The lowest BCUT2D eigenvalue weighted by molar-refractivity contribution is 0.339. The first kappa shape index (κ1) is 13.4. The van der Waals surface area contributed by atoms with Crippen LogP contribution in [0.4, 0.5) is 5.82 Å². The number of alkyl halides is 1. The molecule has 2 aromatic rings. The minimum Gasteiger partial charge on any atom is -0.359 e. The van der Waals surface area contributed by atoms with Gasteiger partial charge < -0.3 is 4.90 Å². The molecule has 0 atom stereocenters. The molecule has 0 bridgehead atoms. The van der Waals surface area contributed by atoms with Gasteiger partial charge in [-0.3, -0.25) is 0 Å². The predicted octanol–water partition coefficient (Wildman–Crippen LogP) is 4.61. The van der Waals surface area contributed by atoms with Crippen molar-refractivity contribution in [1.82, 2.24) is 4.98 Å². The van der Waals surface area contributed by atoms with Crippen LogP contribution in [0.2, 0.25) is 0 Å². The summed E-state index contributed by atoms with van der Waals surface area (Å²) in [7, 11) is 2.14. The van der Waals surface area contributed by atoms with Crippen molar-refractivity contribution in [2.24, 2.45) is 5.92 Å². The predicted molar refractivity (Wildman–Crippen MR) is 88.2 cm³/mol. The van der Waals surface area contributed by atoms with E-state index in [4.69, 9.17) is 0 Å². The quantitative estimate of drug-likeness (QED) is 0.719. The van der Waals surface area contributed by atoms with E-state index < -0.39 is 0 Å². The summed E-state index contributed by atoms with van der Waals surface area (Å²) in [5.74, 6) is 1.87. The average Bonchev–Trinajstić information content (AvgIpc) is 2.37. The van der Waals surface area contributed by atoms with E-state index in [0.717, 1.165) is 27.6 Å². The summed E-state index contributed by atoms with van der Waals surface area (Å²) in [5.41, 5.74) is 0. The van der Waals surface area contributed by atoms with Gasteiger partial charge in [0, 0.05) is 39.9 Å². The number of pyridine rings is 1. The van der Waals surface area contributed by atoms with Gasteiger partial charge in [0.25, 0.3) is 0 Å². The first-order chi connectivity index (χ1) is 9.15. The third kappa shape index (κ3) is 2.65. The molecular formula is C15H16Br2N2. The molecular weight excluding hydrogens is 368 g/mol.